The van der Waals surface area contributed by atoms with Gasteiger partial charge >= 0.3 is 0 Å². The van der Waals surface area contributed by atoms with E-state index in [1.165, 1.54) is 6.40 Å². The number of ether oxygens (including phenoxy) is 2. The first-order valence-electron chi connectivity index (χ1n) is 4.37. The Morgan fingerprint density at radius 1 is 1.43 bits per heavy atom. The van der Waals surface area contributed by atoms with Gasteiger partial charge in [0.1, 0.15) is 12.4 Å². The molecule has 0 aliphatic carbocycles. The van der Waals surface area contributed by atoms with E-state index in [-0.39, 0.29) is 6.10 Å². The summed E-state index contributed by atoms with van der Waals surface area (Å²) in [7, 11) is 0. The van der Waals surface area contributed by atoms with Gasteiger partial charge in [-0.2, -0.15) is 0 Å². The molecule has 1 atom stereocenters. The molecule has 0 radical (unpaired) electrons. The SMILES string of the molecule is Clc1ccc(OCC2CN=CO2)cc1. The van der Waals surface area contributed by atoms with E-state index in [9.17, 15) is 0 Å². The van der Waals surface area contributed by atoms with Crippen LogP contribution in [0.3, 0.4) is 0 Å². The molecule has 1 aromatic carbocycles. The van der Waals surface area contributed by atoms with Gasteiger partial charge in [-0.15, -0.1) is 0 Å². The number of benzene rings is 1. The lowest BCUT2D eigenvalue weighted by molar-refractivity contribution is 0.148. The lowest BCUT2D eigenvalue weighted by Gasteiger charge is -2.10. The molecule has 14 heavy (non-hydrogen) atoms. The second-order valence-electron chi connectivity index (χ2n) is 2.99. The highest BCUT2D eigenvalue weighted by atomic mass is 35.5. The van der Waals surface area contributed by atoms with E-state index in [1.54, 1.807) is 12.1 Å². The first-order valence-corrected chi connectivity index (χ1v) is 4.74. The predicted octanol–water partition coefficient (Wildman–Crippen LogP) is 2.15. The van der Waals surface area contributed by atoms with Crippen molar-refractivity contribution in [2.24, 2.45) is 4.99 Å². The molecular formula is C10H10ClNO2. The number of aliphatic imine (C=N–C) groups is 1. The van der Waals surface area contributed by atoms with Crippen molar-refractivity contribution in [3.63, 3.8) is 0 Å². The average Bonchev–Trinajstić information content (AvgIpc) is 2.70. The van der Waals surface area contributed by atoms with Crippen LogP contribution in [0.4, 0.5) is 0 Å². The Balaban J connectivity index is 1.82. The first-order chi connectivity index (χ1) is 6.84. The van der Waals surface area contributed by atoms with Crippen molar-refractivity contribution in [2.75, 3.05) is 13.2 Å². The van der Waals surface area contributed by atoms with Gasteiger partial charge in [0.2, 0.25) is 0 Å². The Labute approximate surface area is 87.3 Å². The molecule has 1 aromatic rings. The molecule has 0 bridgehead atoms. The molecule has 2 rings (SSSR count). The molecule has 0 amide bonds. The van der Waals surface area contributed by atoms with Gasteiger partial charge in [0.15, 0.2) is 12.5 Å². The minimum absolute atomic E-state index is 0.0469. The summed E-state index contributed by atoms with van der Waals surface area (Å²) in [5, 5.41) is 0.706. The Hall–Kier alpha value is -1.22. The van der Waals surface area contributed by atoms with E-state index in [1.807, 2.05) is 12.1 Å². The topological polar surface area (TPSA) is 30.8 Å². The Morgan fingerprint density at radius 3 is 2.86 bits per heavy atom. The van der Waals surface area contributed by atoms with Gasteiger partial charge in [0.05, 0.1) is 6.54 Å². The van der Waals surface area contributed by atoms with E-state index in [4.69, 9.17) is 21.1 Å². The summed E-state index contributed by atoms with van der Waals surface area (Å²) in [5.41, 5.74) is 0. The van der Waals surface area contributed by atoms with Crippen LogP contribution in [0.25, 0.3) is 0 Å². The van der Waals surface area contributed by atoms with Crippen molar-refractivity contribution < 1.29 is 9.47 Å². The zero-order chi connectivity index (χ0) is 9.80. The minimum atomic E-state index is 0.0469. The molecule has 0 N–H and O–H groups in total. The maximum Gasteiger partial charge on any atom is 0.170 e. The van der Waals surface area contributed by atoms with E-state index < -0.39 is 0 Å². The smallest absolute Gasteiger partial charge is 0.170 e. The molecule has 1 heterocycles. The van der Waals surface area contributed by atoms with Crippen LogP contribution in [0.15, 0.2) is 29.3 Å². The number of hydrogen-bond acceptors (Lipinski definition) is 3. The van der Waals surface area contributed by atoms with Crippen LogP contribution in [-0.2, 0) is 4.74 Å². The zero-order valence-electron chi connectivity index (χ0n) is 7.52. The summed E-state index contributed by atoms with van der Waals surface area (Å²) < 4.78 is 10.6. The molecule has 0 fully saturated rings. The molecule has 4 heteroatoms. The molecule has 0 aromatic heterocycles. The summed E-state index contributed by atoms with van der Waals surface area (Å²) in [5.74, 6) is 0.796. The monoisotopic (exact) mass is 211 g/mol. The highest BCUT2D eigenvalue weighted by Crippen LogP contribution is 2.16. The van der Waals surface area contributed by atoms with Crippen LogP contribution < -0.4 is 4.74 Å². The van der Waals surface area contributed by atoms with Crippen molar-refractivity contribution in [3.05, 3.63) is 29.3 Å². The fourth-order valence-electron chi connectivity index (χ4n) is 1.14. The fraction of sp³-hybridized carbons (Fsp3) is 0.300. The lowest BCUT2D eigenvalue weighted by Crippen LogP contribution is -2.20. The third-order valence-electron chi connectivity index (χ3n) is 1.89. The summed E-state index contributed by atoms with van der Waals surface area (Å²) in [6.07, 6.45) is 1.52. The molecular weight excluding hydrogens is 202 g/mol. The van der Waals surface area contributed by atoms with E-state index in [2.05, 4.69) is 4.99 Å². The Kier molecular flexibility index (Phi) is 2.89. The Morgan fingerprint density at radius 2 is 2.21 bits per heavy atom. The van der Waals surface area contributed by atoms with Crippen LogP contribution >= 0.6 is 11.6 Å². The van der Waals surface area contributed by atoms with Gasteiger partial charge in [-0.3, -0.25) is 4.99 Å². The van der Waals surface area contributed by atoms with Crippen molar-refractivity contribution in [1.82, 2.24) is 0 Å². The van der Waals surface area contributed by atoms with Crippen LogP contribution in [0, 0.1) is 0 Å². The molecule has 1 unspecified atom stereocenters. The summed E-state index contributed by atoms with van der Waals surface area (Å²) >= 11 is 5.74. The fourth-order valence-corrected chi connectivity index (χ4v) is 1.27. The summed E-state index contributed by atoms with van der Waals surface area (Å²) in [4.78, 5) is 3.94. The normalized spacial score (nSPS) is 19.4. The van der Waals surface area contributed by atoms with Crippen LogP contribution in [0.1, 0.15) is 0 Å². The third-order valence-corrected chi connectivity index (χ3v) is 2.14. The zero-order valence-corrected chi connectivity index (χ0v) is 8.28. The van der Waals surface area contributed by atoms with Crippen LogP contribution in [0.5, 0.6) is 5.75 Å². The molecule has 74 valence electrons. The van der Waals surface area contributed by atoms with Crippen molar-refractivity contribution in [2.45, 2.75) is 6.10 Å². The van der Waals surface area contributed by atoms with Crippen molar-refractivity contribution in [3.8, 4) is 5.75 Å². The van der Waals surface area contributed by atoms with Gasteiger partial charge < -0.3 is 9.47 Å². The van der Waals surface area contributed by atoms with E-state index in [0.717, 1.165) is 5.75 Å². The molecule has 1 aliphatic heterocycles. The molecule has 0 saturated heterocycles. The summed E-state index contributed by atoms with van der Waals surface area (Å²) in [6.45, 7) is 1.19. The summed E-state index contributed by atoms with van der Waals surface area (Å²) in [6, 6.07) is 7.25. The highest BCUT2D eigenvalue weighted by molar-refractivity contribution is 6.30. The Bertz CT molecular complexity index is 315. The van der Waals surface area contributed by atoms with Gasteiger partial charge in [0, 0.05) is 5.02 Å². The standard InChI is InChI=1S/C10H10ClNO2/c11-8-1-3-9(4-2-8)13-6-10-5-12-7-14-10/h1-4,7,10H,5-6H2. The van der Waals surface area contributed by atoms with Crippen LogP contribution in [0.2, 0.25) is 5.02 Å². The lowest BCUT2D eigenvalue weighted by atomic mass is 10.3. The average molecular weight is 212 g/mol. The van der Waals surface area contributed by atoms with E-state index in [0.29, 0.717) is 18.2 Å². The van der Waals surface area contributed by atoms with Crippen molar-refractivity contribution >= 4 is 18.0 Å². The largest absolute Gasteiger partial charge is 0.490 e. The molecule has 0 saturated carbocycles. The number of nitrogens with zero attached hydrogens (tertiary/aromatic N) is 1. The van der Waals surface area contributed by atoms with Gasteiger partial charge in [0.25, 0.3) is 0 Å². The molecule has 1 aliphatic rings. The van der Waals surface area contributed by atoms with Gasteiger partial charge in [-0.05, 0) is 24.3 Å². The second kappa shape index (κ2) is 4.33. The van der Waals surface area contributed by atoms with Crippen LogP contribution in [-0.4, -0.2) is 25.7 Å². The van der Waals surface area contributed by atoms with Crippen molar-refractivity contribution in [1.29, 1.82) is 0 Å². The number of hydrogen-bond donors (Lipinski definition) is 0. The second-order valence-corrected chi connectivity index (χ2v) is 3.43. The quantitative estimate of drug-likeness (QED) is 0.767. The van der Waals surface area contributed by atoms with Gasteiger partial charge in [-0.25, -0.2) is 0 Å². The molecule has 3 nitrogen and oxygen atoms in total. The molecule has 0 spiro atoms. The highest BCUT2D eigenvalue weighted by Gasteiger charge is 2.12. The number of halogens is 1. The maximum atomic E-state index is 5.74. The minimum Gasteiger partial charge on any atom is -0.490 e. The van der Waals surface area contributed by atoms with E-state index >= 15 is 0 Å². The first kappa shape index (κ1) is 9.34. The number of rotatable bonds is 3. The third kappa shape index (κ3) is 2.39. The van der Waals surface area contributed by atoms with Gasteiger partial charge in [-0.1, -0.05) is 11.6 Å². The predicted molar refractivity (Wildman–Crippen MR) is 55.2 cm³/mol. The maximum absolute atomic E-state index is 5.74.